The van der Waals surface area contributed by atoms with Crippen molar-refractivity contribution in [1.29, 1.82) is 0 Å². The van der Waals surface area contributed by atoms with Crippen LogP contribution < -0.4 is 15.6 Å². The van der Waals surface area contributed by atoms with E-state index in [9.17, 15) is 14.4 Å². The van der Waals surface area contributed by atoms with Gasteiger partial charge in [0.1, 0.15) is 5.75 Å². The highest BCUT2D eigenvalue weighted by Gasteiger charge is 2.08. The number of carbonyl (C=O) groups excluding carboxylic acids is 3. The zero-order valence-electron chi connectivity index (χ0n) is 20.5. The Morgan fingerprint density at radius 1 is 0.697 bits per heavy atom. The predicted octanol–water partition coefficient (Wildman–Crippen LogP) is 5.48. The quantitative estimate of drug-likeness (QED) is 0.171. The summed E-state index contributed by atoms with van der Waals surface area (Å²) in [6, 6.07) is 6.36. The number of hydrazine groups is 1. The first-order valence-electron chi connectivity index (χ1n) is 12.5. The van der Waals surface area contributed by atoms with Crippen LogP contribution in [0.1, 0.15) is 108 Å². The number of hydrogen-bond donors (Lipinski definition) is 2. The van der Waals surface area contributed by atoms with Crippen LogP contribution in [0.25, 0.3) is 0 Å². The maximum Gasteiger partial charge on any atom is 0.338 e. The van der Waals surface area contributed by atoms with Gasteiger partial charge < -0.3 is 9.47 Å². The third-order valence-corrected chi connectivity index (χ3v) is 5.25. The van der Waals surface area contributed by atoms with Crippen molar-refractivity contribution in [3.8, 4) is 5.75 Å². The summed E-state index contributed by atoms with van der Waals surface area (Å²) in [6.07, 6.45) is 14.7. The fraction of sp³-hybridized carbons (Fsp3) is 0.654. The van der Waals surface area contributed by atoms with E-state index in [1.807, 2.05) is 6.92 Å². The lowest BCUT2D eigenvalue weighted by molar-refractivity contribution is -0.130. The molecule has 2 amide bonds. The summed E-state index contributed by atoms with van der Waals surface area (Å²) in [5, 5.41) is 0. The molecule has 0 bridgehead atoms. The Labute approximate surface area is 199 Å². The zero-order chi connectivity index (χ0) is 24.2. The number of esters is 1. The minimum Gasteiger partial charge on any atom is -0.484 e. The number of ether oxygens (including phenoxy) is 2. The Balaban J connectivity index is 2.04. The van der Waals surface area contributed by atoms with Gasteiger partial charge in [-0.3, -0.25) is 20.4 Å². The van der Waals surface area contributed by atoms with Gasteiger partial charge in [0, 0.05) is 6.42 Å². The average molecular weight is 463 g/mol. The Morgan fingerprint density at radius 3 is 1.82 bits per heavy atom. The van der Waals surface area contributed by atoms with E-state index in [1.54, 1.807) is 24.3 Å². The third kappa shape index (κ3) is 15.0. The largest absolute Gasteiger partial charge is 0.484 e. The molecule has 0 saturated heterocycles. The molecule has 0 saturated carbocycles. The smallest absolute Gasteiger partial charge is 0.338 e. The van der Waals surface area contributed by atoms with Gasteiger partial charge in [0.2, 0.25) is 5.91 Å². The van der Waals surface area contributed by atoms with E-state index in [0.717, 1.165) is 25.7 Å². The van der Waals surface area contributed by atoms with Crippen molar-refractivity contribution in [2.75, 3.05) is 13.2 Å². The van der Waals surface area contributed by atoms with Crippen molar-refractivity contribution in [3.63, 3.8) is 0 Å². The molecule has 33 heavy (non-hydrogen) atoms. The summed E-state index contributed by atoms with van der Waals surface area (Å²) in [4.78, 5) is 35.5. The lowest BCUT2D eigenvalue weighted by atomic mass is 10.1. The van der Waals surface area contributed by atoms with E-state index in [2.05, 4.69) is 17.8 Å². The van der Waals surface area contributed by atoms with Gasteiger partial charge in [0.15, 0.2) is 6.61 Å². The molecule has 186 valence electrons. The Hall–Kier alpha value is -2.57. The molecule has 1 rings (SSSR count). The number of nitrogens with one attached hydrogen (secondary N) is 2. The van der Waals surface area contributed by atoms with E-state index in [0.29, 0.717) is 24.3 Å². The number of hydrogen-bond acceptors (Lipinski definition) is 5. The first-order valence-corrected chi connectivity index (χ1v) is 12.5. The molecule has 7 heteroatoms. The van der Waals surface area contributed by atoms with E-state index < -0.39 is 5.91 Å². The fourth-order valence-electron chi connectivity index (χ4n) is 3.30. The van der Waals surface area contributed by atoms with E-state index in [4.69, 9.17) is 9.47 Å². The topological polar surface area (TPSA) is 93.7 Å². The summed E-state index contributed by atoms with van der Waals surface area (Å²) >= 11 is 0. The molecule has 0 aliphatic heterocycles. The number of unbranched alkanes of at least 4 members (excludes halogenated alkanes) is 10. The molecular formula is C26H42N2O5. The van der Waals surface area contributed by atoms with Crippen LogP contribution in [0.3, 0.4) is 0 Å². The molecule has 0 atom stereocenters. The highest BCUT2D eigenvalue weighted by Crippen LogP contribution is 2.13. The first-order chi connectivity index (χ1) is 16.1. The SMILES string of the molecule is CCCCCCCCCCCCCC(=O)NNC(=O)COc1ccc(C(=O)OCCC)cc1. The van der Waals surface area contributed by atoms with E-state index in [1.165, 1.54) is 51.4 Å². The molecule has 1 aromatic rings. The third-order valence-electron chi connectivity index (χ3n) is 5.25. The van der Waals surface area contributed by atoms with Crippen molar-refractivity contribution in [2.24, 2.45) is 0 Å². The molecule has 7 nitrogen and oxygen atoms in total. The summed E-state index contributed by atoms with van der Waals surface area (Å²) in [6.45, 7) is 4.30. The standard InChI is InChI=1S/C26H42N2O5/c1-3-5-6-7-8-9-10-11-12-13-14-15-24(29)27-28-25(30)21-33-23-18-16-22(17-19-23)26(31)32-20-4-2/h16-19H,3-15,20-21H2,1-2H3,(H,27,29)(H,28,30). The zero-order valence-corrected chi connectivity index (χ0v) is 20.5. The normalized spacial score (nSPS) is 10.5. The highest BCUT2D eigenvalue weighted by atomic mass is 16.5. The second-order valence-corrected chi connectivity index (χ2v) is 8.33. The molecular weight excluding hydrogens is 420 g/mol. The molecule has 0 aliphatic rings. The minimum absolute atomic E-state index is 0.200. The molecule has 0 aliphatic carbocycles. The number of carbonyl (C=O) groups is 3. The maximum absolute atomic E-state index is 11.8. The molecule has 1 aromatic carbocycles. The van der Waals surface area contributed by atoms with Gasteiger partial charge in [-0.2, -0.15) is 0 Å². The van der Waals surface area contributed by atoms with E-state index >= 15 is 0 Å². The number of benzene rings is 1. The highest BCUT2D eigenvalue weighted by molar-refractivity contribution is 5.89. The van der Waals surface area contributed by atoms with Gasteiger partial charge in [-0.25, -0.2) is 4.79 Å². The van der Waals surface area contributed by atoms with E-state index in [-0.39, 0.29) is 18.5 Å². The lowest BCUT2D eigenvalue weighted by Gasteiger charge is -2.09. The summed E-state index contributed by atoms with van der Waals surface area (Å²) in [5.41, 5.74) is 5.20. The van der Waals surface area contributed by atoms with Crippen molar-refractivity contribution >= 4 is 17.8 Å². The Bertz CT molecular complexity index is 676. The van der Waals surface area contributed by atoms with Crippen LogP contribution in [0.5, 0.6) is 5.75 Å². The lowest BCUT2D eigenvalue weighted by Crippen LogP contribution is -2.43. The van der Waals surface area contributed by atoms with Crippen LogP contribution in [0.4, 0.5) is 0 Å². The van der Waals surface area contributed by atoms with Gasteiger partial charge in [-0.05, 0) is 37.1 Å². The molecule has 0 heterocycles. The molecule has 2 N–H and O–H groups in total. The molecule has 0 unspecified atom stereocenters. The van der Waals surface area contributed by atoms with Crippen LogP contribution in [0.2, 0.25) is 0 Å². The Morgan fingerprint density at radius 2 is 1.24 bits per heavy atom. The fourth-order valence-corrected chi connectivity index (χ4v) is 3.30. The average Bonchev–Trinajstić information content (AvgIpc) is 2.83. The summed E-state index contributed by atoms with van der Waals surface area (Å²) in [5.74, 6) is -0.589. The Kier molecular flexibility index (Phi) is 16.3. The van der Waals surface area contributed by atoms with Crippen molar-refractivity contribution in [2.45, 2.75) is 97.3 Å². The maximum atomic E-state index is 11.8. The van der Waals surface area contributed by atoms with Crippen LogP contribution in [0.15, 0.2) is 24.3 Å². The first kappa shape index (κ1) is 28.5. The van der Waals surface area contributed by atoms with Crippen molar-refractivity contribution in [3.05, 3.63) is 29.8 Å². The molecule has 0 radical (unpaired) electrons. The van der Waals surface area contributed by atoms with Crippen LogP contribution in [0, 0.1) is 0 Å². The summed E-state index contributed by atoms with van der Waals surface area (Å²) < 4.78 is 10.4. The minimum atomic E-state index is -0.450. The van der Waals surface area contributed by atoms with Gasteiger partial charge in [0.05, 0.1) is 12.2 Å². The second-order valence-electron chi connectivity index (χ2n) is 8.33. The van der Waals surface area contributed by atoms with Crippen molar-refractivity contribution in [1.82, 2.24) is 10.9 Å². The van der Waals surface area contributed by atoms with Gasteiger partial charge in [-0.1, -0.05) is 78.1 Å². The second kappa shape index (κ2) is 18.9. The van der Waals surface area contributed by atoms with Crippen LogP contribution in [-0.2, 0) is 14.3 Å². The summed E-state index contributed by atoms with van der Waals surface area (Å²) in [7, 11) is 0. The number of rotatable bonds is 18. The van der Waals surface area contributed by atoms with Crippen LogP contribution in [-0.4, -0.2) is 31.0 Å². The van der Waals surface area contributed by atoms with Gasteiger partial charge in [-0.15, -0.1) is 0 Å². The molecule has 0 fully saturated rings. The molecule has 0 spiro atoms. The predicted molar refractivity (Wildman–Crippen MR) is 130 cm³/mol. The van der Waals surface area contributed by atoms with Gasteiger partial charge in [0.25, 0.3) is 5.91 Å². The molecule has 0 aromatic heterocycles. The van der Waals surface area contributed by atoms with Crippen LogP contribution >= 0.6 is 0 Å². The monoisotopic (exact) mass is 462 g/mol. The van der Waals surface area contributed by atoms with Gasteiger partial charge >= 0.3 is 5.97 Å². The number of amides is 2. The van der Waals surface area contributed by atoms with Crippen molar-refractivity contribution < 1.29 is 23.9 Å².